The Hall–Kier alpha value is -3.75. The fourth-order valence-electron chi connectivity index (χ4n) is 2.89. The second kappa shape index (κ2) is 6.87. The van der Waals surface area contributed by atoms with Crippen LogP contribution in [0.2, 0.25) is 0 Å². The number of benzene rings is 1. The molecule has 0 unspecified atom stereocenters. The molecule has 4 rings (SSSR count). The molecule has 27 heavy (non-hydrogen) atoms. The lowest BCUT2D eigenvalue weighted by molar-refractivity contribution is -0.391. The summed E-state index contributed by atoms with van der Waals surface area (Å²) in [5.74, 6) is 1.31. The second-order valence-electron chi connectivity index (χ2n) is 6.15. The third-order valence-electron chi connectivity index (χ3n) is 4.28. The van der Waals surface area contributed by atoms with Crippen LogP contribution in [-0.4, -0.2) is 36.1 Å². The van der Waals surface area contributed by atoms with Gasteiger partial charge in [-0.2, -0.15) is 0 Å². The smallest absolute Gasteiger partial charge is 0.358 e. The van der Waals surface area contributed by atoms with Gasteiger partial charge in [-0.3, -0.25) is 0 Å². The highest BCUT2D eigenvalue weighted by Gasteiger charge is 2.18. The van der Waals surface area contributed by atoms with E-state index in [0.717, 1.165) is 12.4 Å². The molecule has 0 N–H and O–H groups in total. The molecule has 0 spiro atoms. The summed E-state index contributed by atoms with van der Waals surface area (Å²) in [5.41, 5.74) is 1.62. The fraction of sp³-hybridized carbons (Fsp3) is 0.167. The monoisotopic (exact) mass is 363 g/mol. The van der Waals surface area contributed by atoms with Crippen molar-refractivity contribution >= 4 is 17.3 Å². The highest BCUT2D eigenvalue weighted by molar-refractivity contribution is 5.49. The Morgan fingerprint density at radius 3 is 2.74 bits per heavy atom. The molecule has 0 saturated carbocycles. The van der Waals surface area contributed by atoms with Crippen molar-refractivity contribution in [3.63, 3.8) is 0 Å². The zero-order valence-corrected chi connectivity index (χ0v) is 14.6. The van der Waals surface area contributed by atoms with E-state index in [2.05, 4.69) is 31.8 Å². The number of fused-ring (bicyclic) bond motifs is 1. The molecule has 136 valence electrons. The minimum Gasteiger partial charge on any atom is -0.358 e. The Kier molecular flexibility index (Phi) is 4.25. The normalized spacial score (nSPS) is 11.0. The Balaban J connectivity index is 1.57. The van der Waals surface area contributed by atoms with Gasteiger partial charge >= 0.3 is 5.82 Å². The topological polar surface area (TPSA) is 94.4 Å². The van der Waals surface area contributed by atoms with Gasteiger partial charge in [0, 0.05) is 32.1 Å². The molecule has 0 radical (unpaired) electrons. The van der Waals surface area contributed by atoms with Crippen molar-refractivity contribution in [3.8, 4) is 0 Å². The maximum atomic E-state index is 11.1. The minimum absolute atomic E-state index is 0.161. The van der Waals surface area contributed by atoms with Crippen molar-refractivity contribution in [3.05, 3.63) is 82.6 Å². The summed E-state index contributed by atoms with van der Waals surface area (Å²) in [6.07, 6.45) is 4.91. The van der Waals surface area contributed by atoms with Crippen molar-refractivity contribution in [2.75, 3.05) is 11.9 Å². The van der Waals surface area contributed by atoms with Gasteiger partial charge in [0.2, 0.25) is 5.65 Å². The first kappa shape index (κ1) is 16.7. The van der Waals surface area contributed by atoms with Gasteiger partial charge in [-0.25, -0.2) is 9.97 Å². The predicted molar refractivity (Wildman–Crippen MR) is 99.5 cm³/mol. The lowest BCUT2D eigenvalue weighted by atomic mass is 10.2. The first-order valence-corrected chi connectivity index (χ1v) is 8.36. The Morgan fingerprint density at radius 1 is 1.15 bits per heavy atom. The predicted octanol–water partition coefficient (Wildman–Crippen LogP) is 2.52. The average molecular weight is 363 g/mol. The molecule has 9 heteroatoms. The van der Waals surface area contributed by atoms with E-state index in [1.54, 1.807) is 18.3 Å². The number of aromatic nitrogens is 5. The number of hydrogen-bond acceptors (Lipinski definition) is 6. The van der Waals surface area contributed by atoms with Gasteiger partial charge in [-0.1, -0.05) is 39.9 Å². The third-order valence-corrected chi connectivity index (χ3v) is 4.28. The quantitative estimate of drug-likeness (QED) is 0.386. The molecule has 0 atom stereocenters. The molecule has 0 fully saturated rings. The molecule has 4 aromatic rings. The standard InChI is InChI=1S/C18H17N7O2/c1-22(16-8-7-15-20-11-18(25(26)27)24(15)21-16)13-17-19-9-10-23(17)12-14-5-3-2-4-6-14/h2-11H,12-13H2,1H3. The first-order chi connectivity index (χ1) is 13.1. The molecule has 1 aromatic carbocycles. The van der Waals surface area contributed by atoms with E-state index in [1.807, 2.05) is 36.3 Å². The van der Waals surface area contributed by atoms with Crippen LogP contribution in [0.25, 0.3) is 5.65 Å². The lowest BCUT2D eigenvalue weighted by Gasteiger charge is -2.17. The molecule has 0 aliphatic rings. The Bertz CT molecular complexity index is 1090. The molecule has 0 bridgehead atoms. The van der Waals surface area contributed by atoms with Gasteiger partial charge in [0.1, 0.15) is 12.0 Å². The second-order valence-corrected chi connectivity index (χ2v) is 6.15. The largest absolute Gasteiger partial charge is 0.368 e. The Morgan fingerprint density at radius 2 is 1.96 bits per heavy atom. The zero-order valence-electron chi connectivity index (χ0n) is 14.6. The molecule has 0 aliphatic carbocycles. The van der Waals surface area contributed by atoms with Crippen molar-refractivity contribution in [2.45, 2.75) is 13.1 Å². The van der Waals surface area contributed by atoms with Crippen LogP contribution in [-0.2, 0) is 13.1 Å². The summed E-state index contributed by atoms with van der Waals surface area (Å²) < 4.78 is 3.31. The minimum atomic E-state index is -0.497. The highest BCUT2D eigenvalue weighted by atomic mass is 16.6. The van der Waals surface area contributed by atoms with E-state index < -0.39 is 4.92 Å². The van der Waals surface area contributed by atoms with Crippen molar-refractivity contribution in [1.82, 2.24) is 24.1 Å². The zero-order chi connectivity index (χ0) is 18.8. The summed E-state index contributed by atoms with van der Waals surface area (Å²) in [6, 6.07) is 13.6. The van der Waals surface area contributed by atoms with Crippen molar-refractivity contribution in [1.29, 1.82) is 0 Å². The third kappa shape index (κ3) is 3.34. The van der Waals surface area contributed by atoms with Crippen LogP contribution in [0.4, 0.5) is 11.6 Å². The van der Waals surface area contributed by atoms with Crippen molar-refractivity contribution < 1.29 is 4.92 Å². The molecule has 0 amide bonds. The van der Waals surface area contributed by atoms with Crippen molar-refractivity contribution in [2.24, 2.45) is 0 Å². The first-order valence-electron chi connectivity index (χ1n) is 8.36. The fourth-order valence-corrected chi connectivity index (χ4v) is 2.89. The van der Waals surface area contributed by atoms with Crippen LogP contribution in [0.3, 0.4) is 0 Å². The molecular formula is C18H17N7O2. The number of imidazole rings is 2. The SMILES string of the molecule is CN(Cc1nccn1Cc1ccccc1)c1ccc2ncc([N+](=O)[O-])n2n1. The lowest BCUT2D eigenvalue weighted by Crippen LogP contribution is -2.21. The molecule has 3 aromatic heterocycles. The van der Waals surface area contributed by atoms with Gasteiger partial charge in [-0.15, -0.1) is 0 Å². The van der Waals surface area contributed by atoms with E-state index in [0.29, 0.717) is 18.0 Å². The van der Waals surface area contributed by atoms with E-state index >= 15 is 0 Å². The molecule has 9 nitrogen and oxygen atoms in total. The summed E-state index contributed by atoms with van der Waals surface area (Å²) in [5, 5.41) is 15.5. The van der Waals surface area contributed by atoms with Crippen LogP contribution in [0.1, 0.15) is 11.4 Å². The van der Waals surface area contributed by atoms with Crippen LogP contribution < -0.4 is 4.90 Å². The molecule has 0 saturated heterocycles. The van der Waals surface area contributed by atoms with Gasteiger partial charge < -0.3 is 19.6 Å². The number of rotatable bonds is 6. The summed E-state index contributed by atoms with van der Waals surface area (Å²) >= 11 is 0. The average Bonchev–Trinajstić information content (AvgIpc) is 3.29. The van der Waals surface area contributed by atoms with E-state index in [4.69, 9.17) is 0 Å². The van der Waals surface area contributed by atoms with Crippen LogP contribution in [0.5, 0.6) is 0 Å². The number of anilines is 1. The molecule has 0 aliphatic heterocycles. The van der Waals surface area contributed by atoms with Crippen LogP contribution in [0, 0.1) is 10.1 Å². The highest BCUT2D eigenvalue weighted by Crippen LogP contribution is 2.18. The molecular weight excluding hydrogens is 346 g/mol. The van der Waals surface area contributed by atoms with Crippen LogP contribution in [0.15, 0.2) is 61.1 Å². The van der Waals surface area contributed by atoms with E-state index in [-0.39, 0.29) is 5.82 Å². The number of nitro groups is 1. The van der Waals surface area contributed by atoms with Crippen LogP contribution >= 0.6 is 0 Å². The maximum Gasteiger partial charge on any atom is 0.368 e. The number of nitrogens with zero attached hydrogens (tertiary/aromatic N) is 7. The maximum absolute atomic E-state index is 11.1. The van der Waals surface area contributed by atoms with Gasteiger partial charge in [0.05, 0.1) is 6.54 Å². The van der Waals surface area contributed by atoms with E-state index in [1.165, 1.54) is 16.3 Å². The molecule has 3 heterocycles. The number of hydrogen-bond donors (Lipinski definition) is 0. The summed E-state index contributed by atoms with van der Waals surface area (Å²) in [4.78, 5) is 21.0. The summed E-state index contributed by atoms with van der Waals surface area (Å²) in [7, 11) is 1.87. The van der Waals surface area contributed by atoms with Gasteiger partial charge in [0.15, 0.2) is 5.82 Å². The van der Waals surface area contributed by atoms with Gasteiger partial charge in [-0.05, 0) is 16.6 Å². The Labute approximate surface area is 154 Å². The van der Waals surface area contributed by atoms with Gasteiger partial charge in [0.25, 0.3) is 0 Å². The van der Waals surface area contributed by atoms with E-state index in [9.17, 15) is 10.1 Å². The summed E-state index contributed by atoms with van der Waals surface area (Å²) in [6.45, 7) is 1.24.